The average molecular weight is 892 g/mol. The van der Waals surface area contributed by atoms with Gasteiger partial charge in [-0.05, 0) is 81.8 Å². The molecule has 0 aromatic heterocycles. The number of hydrogen-bond acceptors (Lipinski definition) is 9. The SMILES string of the molecule is CCOC(=O)CCC(=O)N1CCC(N2CCN(C3(CC=O)CC(N4CCc5ccccc5NC4=O)CC[N@+]3(Cc3cc(Br)c(O)c(Br)c3)C(=O)O)CC2)CC1. The number of urea groups is 1. The second-order valence-electron chi connectivity index (χ2n) is 15.0. The number of para-hydroxylation sites is 1. The number of phenolic OH excluding ortho intramolecular Hbond substituents is 1. The van der Waals surface area contributed by atoms with Crippen molar-refractivity contribution in [3.8, 4) is 5.75 Å². The third-order valence-corrected chi connectivity index (χ3v) is 13.4. The number of ether oxygens (including phenoxy) is 1. The van der Waals surface area contributed by atoms with E-state index in [4.69, 9.17) is 4.74 Å². The second kappa shape index (κ2) is 17.7. The van der Waals surface area contributed by atoms with Crippen molar-refractivity contribution in [2.24, 2.45) is 0 Å². The molecule has 3 fully saturated rings. The molecule has 2 aromatic carbocycles. The maximum Gasteiger partial charge on any atom is 0.515 e. The third-order valence-electron chi connectivity index (χ3n) is 12.2. The van der Waals surface area contributed by atoms with Crippen molar-refractivity contribution in [2.75, 3.05) is 64.3 Å². The van der Waals surface area contributed by atoms with Gasteiger partial charge in [-0.15, -0.1) is 0 Å². The smallest absolute Gasteiger partial charge is 0.506 e. The van der Waals surface area contributed by atoms with Crippen LogP contribution in [0.3, 0.4) is 0 Å². The molecule has 3 N–H and O–H groups in total. The fourth-order valence-electron chi connectivity index (χ4n) is 9.33. The Morgan fingerprint density at radius 2 is 1.67 bits per heavy atom. The normalized spacial score (nSPS) is 25.4. The van der Waals surface area contributed by atoms with E-state index in [-0.39, 0.29) is 81.1 Å². The molecule has 0 bridgehead atoms. The van der Waals surface area contributed by atoms with Gasteiger partial charge in [0.05, 0.1) is 34.9 Å². The Morgan fingerprint density at radius 1 is 0.982 bits per heavy atom. The van der Waals surface area contributed by atoms with Gasteiger partial charge in [-0.2, -0.15) is 4.79 Å². The number of amides is 4. The van der Waals surface area contributed by atoms with E-state index >= 15 is 0 Å². The Hall–Kier alpha value is -3.57. The number of benzene rings is 2. The fourth-order valence-corrected chi connectivity index (χ4v) is 10.6. The number of piperazine rings is 1. The van der Waals surface area contributed by atoms with E-state index in [9.17, 15) is 34.2 Å². The molecule has 3 atom stereocenters. The zero-order chi connectivity index (χ0) is 39.3. The molecule has 14 nitrogen and oxygen atoms in total. The predicted molar refractivity (Wildman–Crippen MR) is 211 cm³/mol. The van der Waals surface area contributed by atoms with Gasteiger partial charge >= 0.3 is 18.1 Å². The van der Waals surface area contributed by atoms with Gasteiger partial charge in [0.25, 0.3) is 0 Å². The number of carboxylic acid groups (broad SMARTS) is 1. The molecule has 55 heavy (non-hydrogen) atoms. The first-order chi connectivity index (χ1) is 26.4. The molecule has 0 saturated carbocycles. The second-order valence-corrected chi connectivity index (χ2v) is 16.7. The number of anilines is 1. The van der Waals surface area contributed by atoms with Crippen LogP contribution in [0.15, 0.2) is 45.3 Å². The topological polar surface area (TPSA) is 160 Å². The molecule has 0 radical (unpaired) electrons. The summed E-state index contributed by atoms with van der Waals surface area (Å²) < 4.78 is 5.41. The minimum atomic E-state index is -1.19. The quantitative estimate of drug-likeness (QED) is 0.152. The van der Waals surface area contributed by atoms with E-state index in [2.05, 4.69) is 47.0 Å². The van der Waals surface area contributed by atoms with Crippen molar-refractivity contribution < 1.29 is 43.4 Å². The third kappa shape index (κ3) is 8.58. The number of aldehydes is 1. The van der Waals surface area contributed by atoms with E-state index in [0.29, 0.717) is 73.2 Å². The Bertz CT molecular complexity index is 1740. The van der Waals surface area contributed by atoms with Crippen molar-refractivity contribution in [3.63, 3.8) is 0 Å². The highest BCUT2D eigenvalue weighted by molar-refractivity contribution is 9.11. The minimum Gasteiger partial charge on any atom is -0.506 e. The molecule has 4 amide bonds. The van der Waals surface area contributed by atoms with Crippen LogP contribution < -0.4 is 5.32 Å². The van der Waals surface area contributed by atoms with Crippen LogP contribution in [0.2, 0.25) is 0 Å². The van der Waals surface area contributed by atoms with Crippen LogP contribution in [0.25, 0.3) is 0 Å². The zero-order valence-corrected chi connectivity index (χ0v) is 34.4. The summed E-state index contributed by atoms with van der Waals surface area (Å²) in [6.07, 6.45) is 2.89. The minimum absolute atomic E-state index is 0.0136. The van der Waals surface area contributed by atoms with E-state index in [0.717, 1.165) is 30.4 Å². The average Bonchev–Trinajstić information content (AvgIpc) is 3.35. The monoisotopic (exact) mass is 889 g/mol. The number of likely N-dealkylation sites (tertiary alicyclic amines) is 2. The van der Waals surface area contributed by atoms with E-state index < -0.39 is 16.2 Å². The van der Waals surface area contributed by atoms with Crippen molar-refractivity contribution in [1.82, 2.24) is 19.6 Å². The van der Waals surface area contributed by atoms with Gasteiger partial charge in [0, 0.05) is 88.4 Å². The Balaban J connectivity index is 1.24. The summed E-state index contributed by atoms with van der Waals surface area (Å²) in [6.45, 7) is 6.29. The van der Waals surface area contributed by atoms with Crippen LogP contribution >= 0.6 is 31.9 Å². The zero-order valence-electron chi connectivity index (χ0n) is 31.3. The maximum absolute atomic E-state index is 13.9. The molecule has 4 heterocycles. The number of halogens is 2. The van der Waals surface area contributed by atoms with Crippen LogP contribution in [-0.4, -0.2) is 141 Å². The number of carbonyl (C=O) groups excluding carboxylic acids is 4. The summed E-state index contributed by atoms with van der Waals surface area (Å²) in [5, 5.41) is 24.9. The number of nitrogens with zero attached hydrogens (tertiary/aromatic N) is 5. The van der Waals surface area contributed by atoms with Gasteiger partial charge in [-0.3, -0.25) is 14.5 Å². The van der Waals surface area contributed by atoms with E-state index in [1.54, 1.807) is 19.1 Å². The van der Waals surface area contributed by atoms with Crippen molar-refractivity contribution in [3.05, 3.63) is 56.5 Å². The van der Waals surface area contributed by atoms with Crippen LogP contribution in [0, 0.1) is 0 Å². The van der Waals surface area contributed by atoms with Crippen molar-refractivity contribution in [2.45, 2.75) is 82.6 Å². The molecule has 0 aliphatic carbocycles. The molecular weight excluding hydrogens is 840 g/mol. The molecule has 298 valence electrons. The molecule has 6 rings (SSSR count). The lowest BCUT2D eigenvalue weighted by molar-refractivity contribution is -0.942. The fraction of sp³-hybridized carbons (Fsp3) is 0.564. The lowest BCUT2D eigenvalue weighted by Gasteiger charge is -2.59. The van der Waals surface area contributed by atoms with Gasteiger partial charge < -0.3 is 34.9 Å². The van der Waals surface area contributed by atoms with E-state index in [1.807, 2.05) is 34.1 Å². The van der Waals surface area contributed by atoms with Gasteiger partial charge in [0.2, 0.25) is 5.91 Å². The molecule has 4 aliphatic heterocycles. The standard InChI is InChI=1S/C39H50Br2N6O8/c1-2-55-35(50)8-7-34(49)44-14-10-29(11-15-44)43-17-19-45(20-18-43)39(13-22-48)25-30(46-16-9-28-5-3-4-6-33(28)42-37(46)52)12-21-47(39,38(53)54)26-27-23-31(40)36(51)32(41)24-27/h3-6,22-24,29-30H,2,7-21,25-26H2,1H3,(H2-,42,51,52,53,54)/p+1/t30?,39?,47-/m0/s1. The largest absolute Gasteiger partial charge is 0.515 e. The number of carbonyl (C=O) groups is 5. The predicted octanol–water partition coefficient (Wildman–Crippen LogP) is 5.40. The number of phenols is 1. The van der Waals surface area contributed by atoms with Crippen LogP contribution in [0.5, 0.6) is 5.75 Å². The van der Waals surface area contributed by atoms with Crippen LogP contribution in [0.1, 0.15) is 63.0 Å². The summed E-state index contributed by atoms with van der Waals surface area (Å²) in [6, 6.07) is 10.9. The summed E-state index contributed by atoms with van der Waals surface area (Å²) in [5.41, 5.74) is 1.30. The van der Waals surface area contributed by atoms with Gasteiger partial charge in [-0.1, -0.05) is 18.2 Å². The highest BCUT2D eigenvalue weighted by Crippen LogP contribution is 2.46. The Labute approximate surface area is 338 Å². The maximum atomic E-state index is 13.9. The number of quaternary nitrogens is 1. The number of piperidine rings is 2. The molecule has 0 spiro atoms. The van der Waals surface area contributed by atoms with E-state index in [1.165, 1.54) is 0 Å². The summed E-state index contributed by atoms with van der Waals surface area (Å²) >= 11 is 6.83. The molecule has 4 aliphatic rings. The van der Waals surface area contributed by atoms with Crippen LogP contribution in [0.4, 0.5) is 15.3 Å². The summed E-state index contributed by atoms with van der Waals surface area (Å²) in [5.74, 6) is -0.397. The van der Waals surface area contributed by atoms with Gasteiger partial charge in [-0.25, -0.2) is 14.2 Å². The summed E-state index contributed by atoms with van der Waals surface area (Å²) in [7, 11) is 0. The highest BCUT2D eigenvalue weighted by atomic mass is 79.9. The Kier molecular flexibility index (Phi) is 13.2. The number of nitrogens with one attached hydrogen (secondary N) is 1. The Morgan fingerprint density at radius 3 is 2.33 bits per heavy atom. The molecular formula is C39H51Br2N6O8+. The lowest BCUT2D eigenvalue weighted by atomic mass is 9.82. The van der Waals surface area contributed by atoms with Crippen molar-refractivity contribution in [1.29, 1.82) is 0 Å². The van der Waals surface area contributed by atoms with Crippen LogP contribution in [-0.2, 0) is 32.1 Å². The number of rotatable bonds is 11. The molecule has 2 aromatic rings. The summed E-state index contributed by atoms with van der Waals surface area (Å²) in [4.78, 5) is 73.5. The van der Waals surface area contributed by atoms with Gasteiger partial charge in [0.15, 0.2) is 5.66 Å². The first-order valence-corrected chi connectivity index (χ1v) is 20.8. The van der Waals surface area contributed by atoms with Crippen molar-refractivity contribution >= 4 is 67.8 Å². The number of fused-ring (bicyclic) bond motifs is 1. The number of hydrogen-bond donors (Lipinski definition) is 3. The molecule has 2 unspecified atom stereocenters. The lowest BCUT2D eigenvalue weighted by Crippen LogP contribution is -2.79. The number of aromatic hydroxyl groups is 1. The molecule has 16 heteroatoms. The highest BCUT2D eigenvalue weighted by Gasteiger charge is 2.64. The number of esters is 1. The first kappa shape index (κ1) is 41.1. The van der Waals surface area contributed by atoms with Gasteiger partial charge in [0.1, 0.15) is 18.6 Å². The molecule has 3 saturated heterocycles. The first-order valence-electron chi connectivity index (χ1n) is 19.2.